The molecular formula is C23H27N5O3. The zero-order valence-electron chi connectivity index (χ0n) is 17.8. The van der Waals surface area contributed by atoms with Crippen LogP contribution in [0.1, 0.15) is 5.82 Å². The molecule has 2 N–H and O–H groups in total. The van der Waals surface area contributed by atoms with Crippen LogP contribution in [0.5, 0.6) is 11.5 Å². The van der Waals surface area contributed by atoms with Crippen LogP contribution in [-0.2, 0) is 16.0 Å². The Morgan fingerprint density at radius 1 is 0.903 bits per heavy atom. The summed E-state index contributed by atoms with van der Waals surface area (Å²) < 4.78 is 16.5. The third-order valence-corrected chi connectivity index (χ3v) is 5.00. The van der Waals surface area contributed by atoms with Gasteiger partial charge in [0.15, 0.2) is 0 Å². The van der Waals surface area contributed by atoms with Gasteiger partial charge in [-0.25, -0.2) is 4.98 Å². The number of rotatable bonds is 11. The van der Waals surface area contributed by atoms with Crippen molar-refractivity contribution in [3.8, 4) is 22.8 Å². The Kier molecular flexibility index (Phi) is 6.93. The number of ether oxygens (including phenoxy) is 3. The first-order valence-corrected chi connectivity index (χ1v) is 10.2. The van der Waals surface area contributed by atoms with Gasteiger partial charge in [-0.1, -0.05) is 0 Å². The Morgan fingerprint density at radius 3 is 2.32 bits per heavy atom. The molecule has 4 rings (SSSR count). The Labute approximate surface area is 181 Å². The SMILES string of the molecule is COCCN(CCOC)Cc1nc2cc(Oc3ccc(-c4ccn[nH]4)cc3)ccc2[nH]1. The van der Waals surface area contributed by atoms with Gasteiger partial charge in [-0.2, -0.15) is 5.10 Å². The van der Waals surface area contributed by atoms with Crippen molar-refractivity contribution in [3.05, 3.63) is 60.6 Å². The smallest absolute Gasteiger partial charge is 0.129 e. The monoisotopic (exact) mass is 421 g/mol. The fourth-order valence-corrected chi connectivity index (χ4v) is 3.35. The van der Waals surface area contributed by atoms with E-state index in [4.69, 9.17) is 19.2 Å². The minimum atomic E-state index is 0.668. The second-order valence-corrected chi connectivity index (χ2v) is 7.22. The van der Waals surface area contributed by atoms with Crippen molar-refractivity contribution in [1.82, 2.24) is 25.1 Å². The van der Waals surface area contributed by atoms with Crippen LogP contribution in [-0.4, -0.2) is 65.6 Å². The van der Waals surface area contributed by atoms with Crippen molar-refractivity contribution >= 4 is 11.0 Å². The number of nitrogens with one attached hydrogen (secondary N) is 2. The molecule has 0 bridgehead atoms. The van der Waals surface area contributed by atoms with Crippen molar-refractivity contribution in [2.24, 2.45) is 0 Å². The van der Waals surface area contributed by atoms with Crippen molar-refractivity contribution in [2.75, 3.05) is 40.5 Å². The molecule has 0 aliphatic rings. The minimum absolute atomic E-state index is 0.668. The largest absolute Gasteiger partial charge is 0.457 e. The zero-order chi connectivity index (χ0) is 21.5. The van der Waals surface area contributed by atoms with Crippen molar-refractivity contribution in [3.63, 3.8) is 0 Å². The number of benzene rings is 2. The number of nitrogens with zero attached hydrogens (tertiary/aromatic N) is 3. The average Bonchev–Trinajstić information content (AvgIpc) is 3.46. The highest BCUT2D eigenvalue weighted by molar-refractivity contribution is 5.77. The van der Waals surface area contributed by atoms with Gasteiger partial charge in [0, 0.05) is 39.6 Å². The highest BCUT2D eigenvalue weighted by Gasteiger charge is 2.11. The quantitative estimate of drug-likeness (QED) is 0.383. The molecule has 0 aliphatic carbocycles. The number of aromatic nitrogens is 4. The number of fused-ring (bicyclic) bond motifs is 1. The molecule has 0 amide bonds. The Bertz CT molecular complexity index is 1070. The van der Waals surface area contributed by atoms with Gasteiger partial charge in [-0.15, -0.1) is 0 Å². The first-order chi connectivity index (χ1) is 15.2. The van der Waals surface area contributed by atoms with E-state index in [2.05, 4.69) is 20.1 Å². The average molecular weight is 422 g/mol. The molecule has 0 unspecified atom stereocenters. The molecule has 0 saturated carbocycles. The second-order valence-electron chi connectivity index (χ2n) is 7.22. The molecule has 4 aromatic rings. The van der Waals surface area contributed by atoms with E-state index in [1.165, 1.54) is 0 Å². The van der Waals surface area contributed by atoms with Gasteiger partial charge >= 0.3 is 0 Å². The molecule has 162 valence electrons. The summed E-state index contributed by atoms with van der Waals surface area (Å²) in [4.78, 5) is 10.4. The number of hydrogen-bond acceptors (Lipinski definition) is 6. The lowest BCUT2D eigenvalue weighted by Crippen LogP contribution is -2.30. The van der Waals surface area contributed by atoms with Gasteiger partial charge in [0.05, 0.1) is 36.5 Å². The van der Waals surface area contributed by atoms with Crippen LogP contribution in [0.3, 0.4) is 0 Å². The van der Waals surface area contributed by atoms with Crippen molar-refractivity contribution in [1.29, 1.82) is 0 Å². The second kappa shape index (κ2) is 10.2. The van der Waals surface area contributed by atoms with E-state index >= 15 is 0 Å². The van der Waals surface area contributed by atoms with Gasteiger partial charge in [-0.05, 0) is 48.0 Å². The summed E-state index contributed by atoms with van der Waals surface area (Å²) in [5.74, 6) is 2.42. The standard InChI is InChI=1S/C23H27N5O3/c1-29-13-11-28(12-14-30-2)16-23-25-21-8-7-19(15-22(21)26-23)31-18-5-3-17(4-6-18)20-9-10-24-27-20/h3-10,15H,11-14,16H2,1-2H3,(H,24,27)(H,25,26). The first kappa shape index (κ1) is 21.0. The maximum absolute atomic E-state index is 6.03. The first-order valence-electron chi connectivity index (χ1n) is 10.2. The molecule has 0 fully saturated rings. The molecule has 2 aromatic carbocycles. The van der Waals surface area contributed by atoms with E-state index in [1.54, 1.807) is 20.4 Å². The number of methoxy groups -OCH3 is 2. The molecule has 0 saturated heterocycles. The molecule has 2 heterocycles. The van der Waals surface area contributed by atoms with E-state index in [1.807, 2.05) is 48.5 Å². The summed E-state index contributed by atoms with van der Waals surface area (Å²) in [5.41, 5.74) is 3.89. The molecule has 0 radical (unpaired) electrons. The van der Waals surface area contributed by atoms with Crippen LogP contribution >= 0.6 is 0 Å². The molecule has 0 aliphatic heterocycles. The van der Waals surface area contributed by atoms with E-state index in [-0.39, 0.29) is 0 Å². The predicted molar refractivity (Wildman–Crippen MR) is 119 cm³/mol. The molecule has 2 aromatic heterocycles. The number of imidazole rings is 1. The van der Waals surface area contributed by atoms with E-state index in [0.717, 1.165) is 52.7 Å². The molecule has 8 heteroatoms. The predicted octanol–water partition coefficient (Wildman–Crippen LogP) is 3.84. The van der Waals surface area contributed by atoms with Crippen molar-refractivity contribution in [2.45, 2.75) is 6.54 Å². The number of aromatic amines is 2. The van der Waals surface area contributed by atoms with Gasteiger partial charge < -0.3 is 19.2 Å². The third kappa shape index (κ3) is 5.49. The lowest BCUT2D eigenvalue weighted by Gasteiger charge is -2.20. The maximum atomic E-state index is 6.03. The lowest BCUT2D eigenvalue weighted by atomic mass is 10.1. The van der Waals surface area contributed by atoms with E-state index in [9.17, 15) is 0 Å². The summed E-state index contributed by atoms with van der Waals surface area (Å²) in [6.07, 6.45) is 1.74. The maximum Gasteiger partial charge on any atom is 0.129 e. The molecule has 0 spiro atoms. The summed E-state index contributed by atoms with van der Waals surface area (Å²) in [6, 6.07) is 15.7. The van der Waals surface area contributed by atoms with Crippen molar-refractivity contribution < 1.29 is 14.2 Å². The van der Waals surface area contributed by atoms with Gasteiger partial charge in [0.25, 0.3) is 0 Å². The minimum Gasteiger partial charge on any atom is -0.457 e. The van der Waals surface area contributed by atoms with Crippen LogP contribution in [0.2, 0.25) is 0 Å². The number of H-pyrrole nitrogens is 2. The Morgan fingerprint density at radius 2 is 1.65 bits per heavy atom. The lowest BCUT2D eigenvalue weighted by molar-refractivity contribution is 0.109. The Hall–Kier alpha value is -3.20. The van der Waals surface area contributed by atoms with Gasteiger partial charge in [0.1, 0.15) is 17.3 Å². The van der Waals surface area contributed by atoms with E-state index < -0.39 is 0 Å². The normalized spacial score (nSPS) is 11.5. The van der Waals surface area contributed by atoms with Gasteiger partial charge in [-0.3, -0.25) is 10.00 Å². The van der Waals surface area contributed by atoms with Crippen LogP contribution in [0.4, 0.5) is 0 Å². The fourth-order valence-electron chi connectivity index (χ4n) is 3.35. The van der Waals surface area contributed by atoms with Crippen LogP contribution in [0.15, 0.2) is 54.7 Å². The highest BCUT2D eigenvalue weighted by Crippen LogP contribution is 2.27. The topological polar surface area (TPSA) is 88.3 Å². The van der Waals surface area contributed by atoms with Crippen LogP contribution < -0.4 is 4.74 Å². The summed E-state index contributed by atoms with van der Waals surface area (Å²) in [7, 11) is 3.42. The molecule has 31 heavy (non-hydrogen) atoms. The molecular weight excluding hydrogens is 394 g/mol. The number of hydrogen-bond donors (Lipinski definition) is 2. The summed E-state index contributed by atoms with van der Waals surface area (Å²) in [6.45, 7) is 3.68. The zero-order valence-corrected chi connectivity index (χ0v) is 17.8. The van der Waals surface area contributed by atoms with Crippen LogP contribution in [0, 0.1) is 0 Å². The third-order valence-electron chi connectivity index (χ3n) is 5.00. The van der Waals surface area contributed by atoms with E-state index in [0.29, 0.717) is 19.8 Å². The molecule has 8 nitrogen and oxygen atoms in total. The summed E-state index contributed by atoms with van der Waals surface area (Å²) in [5, 5.41) is 6.95. The summed E-state index contributed by atoms with van der Waals surface area (Å²) >= 11 is 0. The van der Waals surface area contributed by atoms with Gasteiger partial charge in [0.2, 0.25) is 0 Å². The van der Waals surface area contributed by atoms with Crippen LogP contribution in [0.25, 0.3) is 22.3 Å². The fraction of sp³-hybridized carbons (Fsp3) is 0.304. The Balaban J connectivity index is 1.44. The highest BCUT2D eigenvalue weighted by atomic mass is 16.5. The molecule has 0 atom stereocenters.